The highest BCUT2D eigenvalue weighted by molar-refractivity contribution is 7.21. The summed E-state index contributed by atoms with van der Waals surface area (Å²) in [5.41, 5.74) is 0.110. The molecule has 1 heterocycles. The van der Waals surface area contributed by atoms with Gasteiger partial charge in [-0.15, -0.1) is 0 Å². The van der Waals surface area contributed by atoms with Crippen LogP contribution in [-0.2, 0) is 0 Å². The molecule has 0 aliphatic carbocycles. The van der Waals surface area contributed by atoms with Gasteiger partial charge in [0.2, 0.25) is 0 Å². The first kappa shape index (κ1) is 12.9. The fourth-order valence-corrected chi connectivity index (χ4v) is 2.87. The van der Waals surface area contributed by atoms with Crippen LogP contribution in [0, 0.1) is 0 Å². The maximum Gasteiger partial charge on any atom is 0.281 e. The second-order valence-corrected chi connectivity index (χ2v) is 5.57. The molecule has 3 aromatic rings. The summed E-state index contributed by atoms with van der Waals surface area (Å²) < 4.78 is 0.830. The Morgan fingerprint density at radius 1 is 1.20 bits per heavy atom. The van der Waals surface area contributed by atoms with Crippen LogP contribution in [0.15, 0.2) is 47.3 Å². The van der Waals surface area contributed by atoms with E-state index >= 15 is 0 Å². The Kier molecular flexibility index (Phi) is 3.30. The molecule has 0 radical (unpaired) electrons. The topological polar surface area (TPSA) is 62.2 Å². The first-order chi connectivity index (χ1) is 9.63. The van der Waals surface area contributed by atoms with Gasteiger partial charge in [-0.2, -0.15) is 4.98 Å². The van der Waals surface area contributed by atoms with E-state index < -0.39 is 0 Å². The number of halogens is 1. The van der Waals surface area contributed by atoms with E-state index in [0.717, 1.165) is 4.70 Å². The molecule has 100 valence electrons. The molecule has 0 saturated carbocycles. The standard InChI is InChI=1S/C14H9ClN2O2S/c15-8-5-6-11(18)10(7-8)16-14-17-13(19)9-3-1-2-4-12(9)20-14/h1-7,18H,(H,16,17,19). The zero-order valence-electron chi connectivity index (χ0n) is 10.1. The van der Waals surface area contributed by atoms with Crippen LogP contribution in [0.5, 0.6) is 5.75 Å². The Balaban J connectivity index is 2.07. The second-order valence-electron chi connectivity index (χ2n) is 4.11. The van der Waals surface area contributed by atoms with Gasteiger partial charge in [0.05, 0.1) is 11.1 Å². The molecule has 0 amide bonds. The maximum atomic E-state index is 11.9. The number of phenols is 1. The van der Waals surface area contributed by atoms with E-state index in [1.165, 1.54) is 17.4 Å². The fourth-order valence-electron chi connectivity index (χ4n) is 1.79. The largest absolute Gasteiger partial charge is 0.506 e. The summed E-state index contributed by atoms with van der Waals surface area (Å²) >= 11 is 7.21. The minimum Gasteiger partial charge on any atom is -0.506 e. The number of hydrogen-bond acceptors (Lipinski definition) is 5. The number of hydrogen-bond donors (Lipinski definition) is 2. The molecule has 0 bridgehead atoms. The summed E-state index contributed by atoms with van der Waals surface area (Å²) in [6.45, 7) is 0. The third-order valence-corrected chi connectivity index (χ3v) is 3.93. The van der Waals surface area contributed by atoms with Crippen LogP contribution in [0.4, 0.5) is 10.8 Å². The van der Waals surface area contributed by atoms with Crippen molar-refractivity contribution in [2.45, 2.75) is 0 Å². The molecule has 0 fully saturated rings. The van der Waals surface area contributed by atoms with E-state index in [1.807, 2.05) is 12.1 Å². The van der Waals surface area contributed by atoms with Crippen LogP contribution in [0.25, 0.3) is 10.1 Å². The van der Waals surface area contributed by atoms with Crippen molar-refractivity contribution in [3.05, 3.63) is 57.8 Å². The molecule has 0 aliphatic heterocycles. The number of rotatable bonds is 2. The number of aromatic hydroxyl groups is 1. The van der Waals surface area contributed by atoms with Crippen LogP contribution < -0.4 is 10.9 Å². The van der Waals surface area contributed by atoms with Gasteiger partial charge in [-0.25, -0.2) is 0 Å². The molecular formula is C14H9ClN2O2S. The number of anilines is 2. The molecule has 20 heavy (non-hydrogen) atoms. The van der Waals surface area contributed by atoms with Gasteiger partial charge in [-0.3, -0.25) is 4.79 Å². The third-order valence-electron chi connectivity index (χ3n) is 2.73. The molecule has 0 spiro atoms. The predicted octanol–water partition coefficient (Wildman–Crippen LogP) is 3.76. The van der Waals surface area contributed by atoms with E-state index in [-0.39, 0.29) is 11.3 Å². The van der Waals surface area contributed by atoms with Gasteiger partial charge in [0.15, 0.2) is 5.13 Å². The second kappa shape index (κ2) is 5.11. The Hall–Kier alpha value is -2.11. The van der Waals surface area contributed by atoms with Crippen molar-refractivity contribution in [1.82, 2.24) is 4.98 Å². The Labute approximate surface area is 123 Å². The number of fused-ring (bicyclic) bond motifs is 1. The van der Waals surface area contributed by atoms with Crippen LogP contribution in [0.3, 0.4) is 0 Å². The number of benzene rings is 2. The van der Waals surface area contributed by atoms with Gasteiger partial charge in [-0.1, -0.05) is 35.1 Å². The molecule has 0 saturated heterocycles. The van der Waals surface area contributed by atoms with Crippen molar-refractivity contribution in [2.75, 3.05) is 5.32 Å². The number of nitrogens with zero attached hydrogens (tertiary/aromatic N) is 1. The molecule has 4 nitrogen and oxygen atoms in total. The summed E-state index contributed by atoms with van der Waals surface area (Å²) in [4.78, 5) is 15.9. The van der Waals surface area contributed by atoms with Crippen LogP contribution in [0.1, 0.15) is 0 Å². The van der Waals surface area contributed by atoms with Crippen LogP contribution >= 0.6 is 22.9 Å². The van der Waals surface area contributed by atoms with Gasteiger partial charge in [0.25, 0.3) is 5.56 Å². The highest BCUT2D eigenvalue weighted by atomic mass is 35.5. The Morgan fingerprint density at radius 3 is 2.85 bits per heavy atom. The lowest BCUT2D eigenvalue weighted by molar-refractivity contribution is 0.478. The van der Waals surface area contributed by atoms with Gasteiger partial charge < -0.3 is 10.4 Å². The van der Waals surface area contributed by atoms with Crippen molar-refractivity contribution in [3.63, 3.8) is 0 Å². The minimum absolute atomic E-state index is 0.0454. The van der Waals surface area contributed by atoms with Crippen molar-refractivity contribution >= 4 is 43.8 Å². The summed E-state index contributed by atoms with van der Waals surface area (Å²) in [5, 5.41) is 14.2. The van der Waals surface area contributed by atoms with E-state index in [4.69, 9.17) is 11.6 Å². The van der Waals surface area contributed by atoms with Crippen LogP contribution in [-0.4, -0.2) is 10.1 Å². The summed E-state index contributed by atoms with van der Waals surface area (Å²) in [7, 11) is 0. The average molecular weight is 305 g/mol. The van der Waals surface area contributed by atoms with E-state index in [0.29, 0.717) is 21.2 Å². The SMILES string of the molecule is O=c1nc(Nc2cc(Cl)ccc2O)sc2ccccc12. The lowest BCUT2D eigenvalue weighted by Gasteiger charge is -2.07. The lowest BCUT2D eigenvalue weighted by Crippen LogP contribution is -2.07. The van der Waals surface area contributed by atoms with Crippen molar-refractivity contribution in [3.8, 4) is 5.75 Å². The number of aromatic nitrogens is 1. The highest BCUT2D eigenvalue weighted by Gasteiger charge is 2.07. The van der Waals surface area contributed by atoms with E-state index in [2.05, 4.69) is 10.3 Å². The average Bonchev–Trinajstić information content (AvgIpc) is 2.43. The van der Waals surface area contributed by atoms with Gasteiger partial charge in [0.1, 0.15) is 5.75 Å². The number of nitrogens with one attached hydrogen (secondary N) is 1. The molecule has 6 heteroatoms. The Bertz CT molecular complexity index is 848. The first-order valence-electron chi connectivity index (χ1n) is 5.79. The van der Waals surface area contributed by atoms with Gasteiger partial charge in [-0.05, 0) is 30.3 Å². The summed E-state index contributed by atoms with van der Waals surface area (Å²) in [6, 6.07) is 11.9. The van der Waals surface area contributed by atoms with Crippen molar-refractivity contribution < 1.29 is 5.11 Å². The molecule has 2 aromatic carbocycles. The monoisotopic (exact) mass is 304 g/mol. The molecular weight excluding hydrogens is 296 g/mol. The highest BCUT2D eigenvalue weighted by Crippen LogP contribution is 2.31. The van der Waals surface area contributed by atoms with Gasteiger partial charge >= 0.3 is 0 Å². The minimum atomic E-state index is -0.302. The number of phenolic OH excluding ortho intramolecular Hbond substituents is 1. The normalized spacial score (nSPS) is 10.7. The third kappa shape index (κ3) is 2.45. The van der Waals surface area contributed by atoms with Crippen molar-refractivity contribution in [2.24, 2.45) is 0 Å². The fraction of sp³-hybridized carbons (Fsp3) is 0. The molecule has 0 atom stereocenters. The quantitative estimate of drug-likeness (QED) is 0.708. The summed E-state index contributed by atoms with van der Waals surface area (Å²) in [5.74, 6) is 0.0454. The molecule has 2 N–H and O–H groups in total. The lowest BCUT2D eigenvalue weighted by atomic mass is 10.3. The summed E-state index contributed by atoms with van der Waals surface area (Å²) in [6.07, 6.45) is 0. The van der Waals surface area contributed by atoms with E-state index in [9.17, 15) is 9.90 Å². The predicted molar refractivity (Wildman–Crippen MR) is 82.3 cm³/mol. The maximum absolute atomic E-state index is 11.9. The Morgan fingerprint density at radius 2 is 2.00 bits per heavy atom. The smallest absolute Gasteiger partial charge is 0.281 e. The van der Waals surface area contributed by atoms with E-state index in [1.54, 1.807) is 24.3 Å². The first-order valence-corrected chi connectivity index (χ1v) is 6.98. The zero-order chi connectivity index (χ0) is 14.1. The van der Waals surface area contributed by atoms with Crippen molar-refractivity contribution in [1.29, 1.82) is 0 Å². The molecule has 3 rings (SSSR count). The molecule has 1 aromatic heterocycles. The van der Waals surface area contributed by atoms with Gasteiger partial charge in [0, 0.05) is 9.72 Å². The molecule has 0 unspecified atom stereocenters. The molecule has 0 aliphatic rings. The zero-order valence-corrected chi connectivity index (χ0v) is 11.7. The van der Waals surface area contributed by atoms with Crippen LogP contribution in [0.2, 0.25) is 5.02 Å².